The predicted molar refractivity (Wildman–Crippen MR) is 97.9 cm³/mol. The fourth-order valence-electron chi connectivity index (χ4n) is 2.97. The Morgan fingerprint density at radius 2 is 1.96 bits per heavy atom. The number of carbonyl (C=O) groups excluding carboxylic acids is 1. The number of hydrogen-bond acceptors (Lipinski definition) is 4. The van der Waals surface area contributed by atoms with E-state index < -0.39 is 12.1 Å². The van der Waals surface area contributed by atoms with Gasteiger partial charge in [0.25, 0.3) is 0 Å². The van der Waals surface area contributed by atoms with Crippen molar-refractivity contribution in [3.8, 4) is 0 Å². The molecule has 1 aromatic carbocycles. The van der Waals surface area contributed by atoms with Crippen LogP contribution in [0.25, 0.3) is 0 Å². The van der Waals surface area contributed by atoms with Gasteiger partial charge in [-0.3, -0.25) is 9.69 Å². The van der Waals surface area contributed by atoms with Crippen LogP contribution in [0.15, 0.2) is 42.5 Å². The number of carboxylic acids is 1. The molecule has 1 aliphatic heterocycles. The molecule has 1 amide bonds. The highest BCUT2D eigenvalue weighted by Crippen LogP contribution is 2.16. The molecule has 1 heterocycles. The maximum absolute atomic E-state index is 11.9. The van der Waals surface area contributed by atoms with Crippen LogP contribution in [0.1, 0.15) is 37.7 Å². The molecule has 0 aliphatic carbocycles. The topological polar surface area (TPSA) is 87.1 Å². The highest BCUT2D eigenvalue weighted by molar-refractivity contribution is 5.70. The molecule has 1 aliphatic rings. The lowest BCUT2D eigenvalue weighted by Crippen LogP contribution is -2.33. The number of ether oxygens (including phenoxy) is 1. The van der Waals surface area contributed by atoms with Crippen LogP contribution in [0.5, 0.6) is 0 Å². The van der Waals surface area contributed by atoms with Gasteiger partial charge in [-0.05, 0) is 18.4 Å². The molecular formula is C20H27NO5. The lowest BCUT2D eigenvalue weighted by Gasteiger charge is -2.19. The molecule has 2 N–H and O–H groups in total. The first-order valence-corrected chi connectivity index (χ1v) is 9.12. The molecule has 0 saturated carbocycles. The molecule has 26 heavy (non-hydrogen) atoms. The molecule has 1 unspecified atom stereocenters. The Labute approximate surface area is 154 Å². The largest absolute Gasteiger partial charge is 0.481 e. The lowest BCUT2D eigenvalue weighted by atomic mass is 10.1. The quantitative estimate of drug-likeness (QED) is 0.467. The van der Waals surface area contributed by atoms with Gasteiger partial charge in [0.1, 0.15) is 6.61 Å². The van der Waals surface area contributed by atoms with Gasteiger partial charge in [-0.1, -0.05) is 55.3 Å². The fourth-order valence-corrected chi connectivity index (χ4v) is 2.97. The van der Waals surface area contributed by atoms with E-state index in [4.69, 9.17) is 9.84 Å². The minimum absolute atomic E-state index is 0.160. The van der Waals surface area contributed by atoms with Crippen LogP contribution in [0.3, 0.4) is 0 Å². The summed E-state index contributed by atoms with van der Waals surface area (Å²) in [4.78, 5) is 24.0. The number of amides is 1. The number of hydrogen-bond donors (Lipinski definition) is 2. The number of carboxylic acid groups (broad SMARTS) is 1. The lowest BCUT2D eigenvalue weighted by molar-refractivity contribution is -0.137. The number of cyclic esters (lactones) is 1. The number of rotatable bonds is 11. The summed E-state index contributed by atoms with van der Waals surface area (Å²) in [7, 11) is 0. The molecule has 0 spiro atoms. The van der Waals surface area contributed by atoms with Crippen LogP contribution in [-0.4, -0.2) is 52.5 Å². The Morgan fingerprint density at radius 1 is 1.23 bits per heavy atom. The van der Waals surface area contributed by atoms with Crippen LogP contribution in [0, 0.1) is 0 Å². The average Bonchev–Trinajstić information content (AvgIpc) is 2.97. The summed E-state index contributed by atoms with van der Waals surface area (Å²) in [6.45, 7) is 0.877. The van der Waals surface area contributed by atoms with Gasteiger partial charge in [0.2, 0.25) is 0 Å². The van der Waals surface area contributed by atoms with E-state index in [0.29, 0.717) is 26.0 Å². The van der Waals surface area contributed by atoms with Gasteiger partial charge in [-0.2, -0.15) is 0 Å². The second-order valence-corrected chi connectivity index (χ2v) is 6.54. The zero-order valence-electron chi connectivity index (χ0n) is 14.9. The highest BCUT2D eigenvalue weighted by Gasteiger charge is 2.30. The van der Waals surface area contributed by atoms with Crippen molar-refractivity contribution in [2.75, 3.05) is 13.2 Å². The van der Waals surface area contributed by atoms with Gasteiger partial charge in [0.15, 0.2) is 0 Å². The molecule has 0 radical (unpaired) electrons. The molecule has 142 valence electrons. The number of aliphatic hydroxyl groups is 1. The average molecular weight is 361 g/mol. The van der Waals surface area contributed by atoms with E-state index in [2.05, 4.69) is 0 Å². The van der Waals surface area contributed by atoms with E-state index >= 15 is 0 Å². The third-order valence-corrected chi connectivity index (χ3v) is 4.40. The third kappa shape index (κ3) is 6.88. The first-order chi connectivity index (χ1) is 12.6. The summed E-state index contributed by atoms with van der Waals surface area (Å²) in [5, 5.41) is 18.8. The normalized spacial score (nSPS) is 18.3. The van der Waals surface area contributed by atoms with E-state index in [0.717, 1.165) is 24.8 Å². The molecule has 1 fully saturated rings. The number of aliphatic carboxylic acids is 1. The fraction of sp³-hybridized carbons (Fsp3) is 0.500. The minimum Gasteiger partial charge on any atom is -0.481 e. The number of benzene rings is 1. The van der Waals surface area contributed by atoms with Crippen molar-refractivity contribution in [2.24, 2.45) is 0 Å². The van der Waals surface area contributed by atoms with E-state index in [9.17, 15) is 14.7 Å². The number of carbonyl (C=O) groups is 2. The van der Waals surface area contributed by atoms with E-state index in [-0.39, 0.29) is 18.6 Å². The predicted octanol–water partition coefficient (Wildman–Crippen LogP) is 3.00. The van der Waals surface area contributed by atoms with Crippen LogP contribution in [0.4, 0.5) is 4.79 Å². The van der Waals surface area contributed by atoms with Crippen LogP contribution in [-0.2, 0) is 16.0 Å². The Balaban J connectivity index is 1.74. The molecule has 0 bridgehead atoms. The van der Waals surface area contributed by atoms with Crippen molar-refractivity contribution in [1.82, 2.24) is 4.90 Å². The van der Waals surface area contributed by atoms with Crippen LogP contribution in [0.2, 0.25) is 0 Å². The standard InChI is InChI=1S/C20H27NO5/c22-18(14-16-8-4-3-5-9-16)12-11-17-15-26-20(25)21(17)13-7-2-1-6-10-19(23)24/h3-5,8-9,11-12,17-18,22H,1-2,6-7,10,13-15H2,(H,23,24)/b12-11+/t17?,18-/m1/s1. The summed E-state index contributed by atoms with van der Waals surface area (Å²) in [5.74, 6) is -0.771. The maximum atomic E-state index is 11.9. The van der Waals surface area contributed by atoms with E-state index in [1.807, 2.05) is 36.4 Å². The van der Waals surface area contributed by atoms with Gasteiger partial charge in [-0.25, -0.2) is 4.79 Å². The van der Waals surface area contributed by atoms with E-state index in [1.165, 1.54) is 0 Å². The smallest absolute Gasteiger partial charge is 0.410 e. The highest BCUT2D eigenvalue weighted by atomic mass is 16.6. The Kier molecular flexibility index (Phi) is 8.15. The summed E-state index contributed by atoms with van der Waals surface area (Å²) < 4.78 is 5.11. The van der Waals surface area contributed by atoms with Gasteiger partial charge in [-0.15, -0.1) is 0 Å². The third-order valence-electron chi connectivity index (χ3n) is 4.40. The summed E-state index contributed by atoms with van der Waals surface area (Å²) in [6, 6.07) is 9.59. The van der Waals surface area contributed by atoms with Crippen molar-refractivity contribution in [3.63, 3.8) is 0 Å². The molecule has 2 atom stereocenters. The number of aliphatic hydroxyl groups excluding tert-OH is 1. The van der Waals surface area contributed by atoms with Crippen molar-refractivity contribution in [3.05, 3.63) is 48.0 Å². The number of unbranched alkanes of at least 4 members (excludes halogenated alkanes) is 3. The molecule has 6 nitrogen and oxygen atoms in total. The van der Waals surface area contributed by atoms with E-state index in [1.54, 1.807) is 11.0 Å². The Morgan fingerprint density at radius 3 is 2.69 bits per heavy atom. The van der Waals surface area contributed by atoms with Crippen molar-refractivity contribution in [2.45, 2.75) is 50.7 Å². The SMILES string of the molecule is O=C(O)CCCCCCN1C(=O)OCC1/C=C/[C@@H](O)Cc1ccccc1. The van der Waals surface area contributed by atoms with Crippen LogP contribution < -0.4 is 0 Å². The van der Waals surface area contributed by atoms with Gasteiger partial charge in [0, 0.05) is 19.4 Å². The molecule has 6 heteroatoms. The Hall–Kier alpha value is -2.34. The molecule has 1 aromatic rings. The second kappa shape index (κ2) is 10.6. The van der Waals surface area contributed by atoms with Gasteiger partial charge in [0.05, 0.1) is 12.1 Å². The summed E-state index contributed by atoms with van der Waals surface area (Å²) >= 11 is 0. The monoisotopic (exact) mass is 361 g/mol. The molecule has 0 aromatic heterocycles. The number of nitrogens with zero attached hydrogens (tertiary/aromatic N) is 1. The molecular weight excluding hydrogens is 334 g/mol. The Bertz CT molecular complexity index is 601. The first kappa shape index (κ1) is 20.0. The first-order valence-electron chi connectivity index (χ1n) is 9.12. The zero-order chi connectivity index (χ0) is 18.8. The van der Waals surface area contributed by atoms with Crippen LogP contribution >= 0.6 is 0 Å². The zero-order valence-corrected chi connectivity index (χ0v) is 14.9. The summed E-state index contributed by atoms with van der Waals surface area (Å²) in [6.07, 6.45) is 6.53. The van der Waals surface area contributed by atoms with Gasteiger partial charge < -0.3 is 14.9 Å². The minimum atomic E-state index is -0.771. The van der Waals surface area contributed by atoms with Crippen molar-refractivity contribution >= 4 is 12.1 Å². The molecule has 2 rings (SSSR count). The maximum Gasteiger partial charge on any atom is 0.410 e. The van der Waals surface area contributed by atoms with Gasteiger partial charge >= 0.3 is 12.1 Å². The molecule has 1 saturated heterocycles. The van der Waals surface area contributed by atoms with Crippen molar-refractivity contribution < 1.29 is 24.5 Å². The second-order valence-electron chi connectivity index (χ2n) is 6.54. The van der Waals surface area contributed by atoms with Crippen molar-refractivity contribution in [1.29, 1.82) is 0 Å². The summed E-state index contributed by atoms with van der Waals surface area (Å²) in [5.41, 5.74) is 1.06.